The Hall–Kier alpha value is -2.70. The number of aromatic amines is 1. The van der Waals surface area contributed by atoms with E-state index < -0.39 is 0 Å². The third-order valence-electron chi connectivity index (χ3n) is 3.62. The lowest BCUT2D eigenvalue weighted by molar-refractivity contribution is 0.529. The lowest BCUT2D eigenvalue weighted by atomic mass is 10.2. The van der Waals surface area contributed by atoms with Crippen molar-refractivity contribution in [1.82, 2.24) is 29.9 Å². The second kappa shape index (κ2) is 6.20. The van der Waals surface area contributed by atoms with Gasteiger partial charge < -0.3 is 5.32 Å². The molecule has 23 heavy (non-hydrogen) atoms. The van der Waals surface area contributed by atoms with Gasteiger partial charge in [-0.2, -0.15) is 10.2 Å². The molecule has 3 heterocycles. The Morgan fingerprint density at radius 1 is 1.30 bits per heavy atom. The highest BCUT2D eigenvalue weighted by molar-refractivity contribution is 5.59. The standard InChI is InChI=1S/C16H21N7/c1-10(2)23-9-14(11(3)22-23)8-18-15-7-13(5-6-17-15)16-19-12(4)20-21-16/h5-7,9-10H,8H2,1-4H3,(H,17,18)(H,19,20,21). The molecule has 0 aliphatic rings. The van der Waals surface area contributed by atoms with Crippen molar-refractivity contribution < 1.29 is 0 Å². The molecule has 0 amide bonds. The number of anilines is 1. The molecule has 0 aromatic carbocycles. The molecule has 3 aromatic heterocycles. The molecule has 0 saturated heterocycles. The van der Waals surface area contributed by atoms with Gasteiger partial charge in [0.25, 0.3) is 0 Å². The first kappa shape index (κ1) is 15.2. The molecule has 3 rings (SSSR count). The molecule has 0 fully saturated rings. The monoisotopic (exact) mass is 311 g/mol. The summed E-state index contributed by atoms with van der Waals surface area (Å²) in [7, 11) is 0. The molecule has 0 atom stereocenters. The maximum absolute atomic E-state index is 4.52. The largest absolute Gasteiger partial charge is 0.366 e. The van der Waals surface area contributed by atoms with Crippen LogP contribution in [-0.2, 0) is 6.54 Å². The fourth-order valence-corrected chi connectivity index (χ4v) is 2.28. The number of nitrogens with one attached hydrogen (secondary N) is 2. The lowest BCUT2D eigenvalue weighted by Crippen LogP contribution is -2.02. The molecule has 0 radical (unpaired) electrons. The zero-order chi connectivity index (χ0) is 16.4. The van der Waals surface area contributed by atoms with Crippen LogP contribution in [0.15, 0.2) is 24.5 Å². The number of aromatic nitrogens is 6. The molecule has 7 heteroatoms. The summed E-state index contributed by atoms with van der Waals surface area (Å²) in [5.41, 5.74) is 3.13. The van der Waals surface area contributed by atoms with Crippen molar-refractivity contribution in [3.05, 3.63) is 41.6 Å². The minimum atomic E-state index is 0.359. The van der Waals surface area contributed by atoms with Gasteiger partial charge in [-0.3, -0.25) is 9.78 Å². The molecular weight excluding hydrogens is 290 g/mol. The van der Waals surface area contributed by atoms with Crippen molar-refractivity contribution >= 4 is 5.82 Å². The van der Waals surface area contributed by atoms with Crippen LogP contribution in [0, 0.1) is 13.8 Å². The van der Waals surface area contributed by atoms with Crippen LogP contribution in [0.5, 0.6) is 0 Å². The van der Waals surface area contributed by atoms with Crippen molar-refractivity contribution in [2.45, 2.75) is 40.3 Å². The molecule has 120 valence electrons. The van der Waals surface area contributed by atoms with E-state index in [1.807, 2.05) is 30.7 Å². The number of hydrogen-bond donors (Lipinski definition) is 2. The third-order valence-corrected chi connectivity index (χ3v) is 3.62. The zero-order valence-corrected chi connectivity index (χ0v) is 13.8. The van der Waals surface area contributed by atoms with Gasteiger partial charge in [0, 0.05) is 36.1 Å². The first-order valence-corrected chi connectivity index (χ1v) is 7.67. The minimum Gasteiger partial charge on any atom is -0.366 e. The molecule has 0 aliphatic heterocycles. The SMILES string of the molecule is Cc1nc(-c2ccnc(NCc3cn(C(C)C)nc3C)c2)n[nH]1. The predicted octanol–water partition coefficient (Wildman–Crippen LogP) is 2.87. The van der Waals surface area contributed by atoms with Gasteiger partial charge in [0.1, 0.15) is 11.6 Å². The summed E-state index contributed by atoms with van der Waals surface area (Å²) in [5.74, 6) is 2.27. The van der Waals surface area contributed by atoms with Crippen molar-refractivity contribution in [3.8, 4) is 11.4 Å². The zero-order valence-electron chi connectivity index (χ0n) is 13.8. The van der Waals surface area contributed by atoms with E-state index in [-0.39, 0.29) is 0 Å². The van der Waals surface area contributed by atoms with Crippen LogP contribution in [0.25, 0.3) is 11.4 Å². The first-order valence-electron chi connectivity index (χ1n) is 7.67. The lowest BCUT2D eigenvalue weighted by Gasteiger charge is -2.06. The number of nitrogens with zero attached hydrogens (tertiary/aromatic N) is 5. The molecule has 0 bridgehead atoms. The molecule has 7 nitrogen and oxygen atoms in total. The van der Waals surface area contributed by atoms with Crippen LogP contribution in [0.3, 0.4) is 0 Å². The topological polar surface area (TPSA) is 84.3 Å². The van der Waals surface area contributed by atoms with Crippen LogP contribution in [0.2, 0.25) is 0 Å². The van der Waals surface area contributed by atoms with E-state index >= 15 is 0 Å². The van der Waals surface area contributed by atoms with Gasteiger partial charge in [-0.25, -0.2) is 9.97 Å². The van der Waals surface area contributed by atoms with E-state index in [4.69, 9.17) is 0 Å². The van der Waals surface area contributed by atoms with E-state index in [1.165, 1.54) is 5.56 Å². The van der Waals surface area contributed by atoms with Crippen LogP contribution < -0.4 is 5.32 Å². The second-order valence-corrected chi connectivity index (χ2v) is 5.84. The van der Waals surface area contributed by atoms with Crippen LogP contribution >= 0.6 is 0 Å². The average Bonchev–Trinajstić information content (AvgIpc) is 3.12. The highest BCUT2D eigenvalue weighted by Gasteiger charge is 2.08. The van der Waals surface area contributed by atoms with E-state index in [2.05, 4.69) is 50.6 Å². The number of aryl methyl sites for hydroxylation is 2. The van der Waals surface area contributed by atoms with E-state index in [0.29, 0.717) is 18.4 Å². The van der Waals surface area contributed by atoms with Gasteiger partial charge >= 0.3 is 0 Å². The third kappa shape index (κ3) is 3.39. The predicted molar refractivity (Wildman–Crippen MR) is 89.0 cm³/mol. The highest BCUT2D eigenvalue weighted by atomic mass is 15.3. The summed E-state index contributed by atoms with van der Waals surface area (Å²) < 4.78 is 1.98. The fourth-order valence-electron chi connectivity index (χ4n) is 2.28. The van der Waals surface area contributed by atoms with E-state index in [9.17, 15) is 0 Å². The quantitative estimate of drug-likeness (QED) is 0.757. The second-order valence-electron chi connectivity index (χ2n) is 5.84. The molecule has 0 spiro atoms. The van der Waals surface area contributed by atoms with Gasteiger partial charge in [0.05, 0.1) is 5.69 Å². The van der Waals surface area contributed by atoms with Crippen LogP contribution in [0.4, 0.5) is 5.82 Å². The molecule has 0 saturated carbocycles. The smallest absolute Gasteiger partial charge is 0.181 e. The minimum absolute atomic E-state index is 0.359. The van der Waals surface area contributed by atoms with Crippen molar-refractivity contribution in [2.24, 2.45) is 0 Å². The van der Waals surface area contributed by atoms with Gasteiger partial charge in [-0.05, 0) is 39.8 Å². The number of rotatable bonds is 5. The Morgan fingerprint density at radius 3 is 2.78 bits per heavy atom. The van der Waals surface area contributed by atoms with Gasteiger partial charge in [0.2, 0.25) is 0 Å². The Bertz CT molecular complexity index is 800. The Morgan fingerprint density at radius 2 is 2.13 bits per heavy atom. The van der Waals surface area contributed by atoms with Crippen molar-refractivity contribution in [2.75, 3.05) is 5.32 Å². The van der Waals surface area contributed by atoms with Crippen molar-refractivity contribution in [1.29, 1.82) is 0 Å². The van der Waals surface area contributed by atoms with Gasteiger partial charge in [-0.15, -0.1) is 0 Å². The van der Waals surface area contributed by atoms with E-state index in [0.717, 1.165) is 22.9 Å². The van der Waals surface area contributed by atoms with Gasteiger partial charge in [0.15, 0.2) is 5.82 Å². The number of H-pyrrole nitrogens is 1. The maximum Gasteiger partial charge on any atom is 0.181 e. The summed E-state index contributed by atoms with van der Waals surface area (Å²) in [4.78, 5) is 8.70. The van der Waals surface area contributed by atoms with Crippen LogP contribution in [-0.4, -0.2) is 29.9 Å². The average molecular weight is 311 g/mol. The Kier molecular flexibility index (Phi) is 4.10. The molecular formula is C16H21N7. The molecule has 0 aliphatic carbocycles. The molecule has 3 aromatic rings. The molecule has 0 unspecified atom stereocenters. The highest BCUT2D eigenvalue weighted by Crippen LogP contribution is 2.18. The molecule has 2 N–H and O–H groups in total. The fraction of sp³-hybridized carbons (Fsp3) is 0.375. The summed E-state index contributed by atoms with van der Waals surface area (Å²) in [6, 6.07) is 4.21. The van der Waals surface area contributed by atoms with Crippen molar-refractivity contribution in [3.63, 3.8) is 0 Å². The normalized spacial score (nSPS) is 11.2. The number of hydrogen-bond acceptors (Lipinski definition) is 5. The maximum atomic E-state index is 4.52. The first-order chi connectivity index (χ1) is 11.0. The Labute approximate surface area is 135 Å². The van der Waals surface area contributed by atoms with Gasteiger partial charge in [-0.1, -0.05) is 0 Å². The Balaban J connectivity index is 1.74. The number of pyridine rings is 1. The summed E-state index contributed by atoms with van der Waals surface area (Å²) in [6.07, 6.45) is 3.84. The summed E-state index contributed by atoms with van der Waals surface area (Å²) >= 11 is 0. The van der Waals surface area contributed by atoms with E-state index in [1.54, 1.807) is 6.20 Å². The summed E-state index contributed by atoms with van der Waals surface area (Å²) in [6.45, 7) is 8.82. The van der Waals surface area contributed by atoms with Crippen LogP contribution in [0.1, 0.15) is 37.0 Å². The summed E-state index contributed by atoms with van der Waals surface area (Å²) in [5, 5.41) is 14.9.